The van der Waals surface area contributed by atoms with Gasteiger partial charge in [-0.2, -0.15) is 4.98 Å². The third-order valence-electron chi connectivity index (χ3n) is 5.03. The van der Waals surface area contributed by atoms with E-state index < -0.39 is 6.23 Å². The first-order chi connectivity index (χ1) is 15.1. The van der Waals surface area contributed by atoms with Crippen LogP contribution < -0.4 is 10.1 Å². The maximum absolute atomic E-state index is 6.29. The van der Waals surface area contributed by atoms with Crippen molar-refractivity contribution in [3.8, 4) is 28.5 Å². The van der Waals surface area contributed by atoms with E-state index in [2.05, 4.69) is 20.5 Å². The molecule has 0 bridgehead atoms. The highest BCUT2D eigenvalue weighted by molar-refractivity contribution is 7.99. The molecule has 0 unspecified atom stereocenters. The summed E-state index contributed by atoms with van der Waals surface area (Å²) in [5.74, 6) is 2.62. The van der Waals surface area contributed by atoms with E-state index in [0.29, 0.717) is 27.5 Å². The molecule has 5 rings (SSSR count). The van der Waals surface area contributed by atoms with Gasteiger partial charge in [0.2, 0.25) is 17.3 Å². The maximum atomic E-state index is 6.29. The fraction of sp³-hybridized carbons (Fsp3) is 0.174. The minimum Gasteiger partial charge on any atom is -0.455 e. The van der Waals surface area contributed by atoms with Crippen molar-refractivity contribution < 1.29 is 9.15 Å². The van der Waals surface area contributed by atoms with Crippen molar-refractivity contribution in [3.05, 3.63) is 70.9 Å². The van der Waals surface area contributed by atoms with Gasteiger partial charge in [0.25, 0.3) is 0 Å². The van der Waals surface area contributed by atoms with Crippen LogP contribution in [0.2, 0.25) is 5.02 Å². The average molecular weight is 451 g/mol. The van der Waals surface area contributed by atoms with Gasteiger partial charge >= 0.3 is 0 Å². The first kappa shape index (κ1) is 19.9. The van der Waals surface area contributed by atoms with Gasteiger partial charge in [-0.1, -0.05) is 60.6 Å². The van der Waals surface area contributed by atoms with Gasteiger partial charge in [-0.15, -0.1) is 10.2 Å². The highest BCUT2D eigenvalue weighted by atomic mass is 35.5. The number of fused-ring (bicyclic) bond motifs is 3. The number of benzene rings is 2. The number of rotatable bonds is 4. The van der Waals surface area contributed by atoms with Crippen molar-refractivity contribution in [2.45, 2.75) is 25.2 Å². The molecule has 0 amide bonds. The zero-order chi connectivity index (χ0) is 21.4. The topological polar surface area (TPSA) is 73.1 Å². The van der Waals surface area contributed by atoms with E-state index in [1.807, 2.05) is 68.4 Å². The largest absolute Gasteiger partial charge is 0.455 e. The maximum Gasteiger partial charge on any atom is 0.247 e. The molecular formula is C23H19ClN4O2S. The summed E-state index contributed by atoms with van der Waals surface area (Å²) in [5.41, 5.74) is 4.26. The van der Waals surface area contributed by atoms with Crippen molar-refractivity contribution in [3.63, 3.8) is 0 Å². The van der Waals surface area contributed by atoms with Gasteiger partial charge in [-0.25, -0.2) is 0 Å². The Bertz CT molecular complexity index is 1260. The van der Waals surface area contributed by atoms with Gasteiger partial charge in [-0.05, 0) is 42.5 Å². The lowest BCUT2D eigenvalue weighted by Gasteiger charge is -2.16. The number of aromatic nitrogens is 3. The predicted octanol–water partition coefficient (Wildman–Crippen LogP) is 6.38. The van der Waals surface area contributed by atoms with Crippen LogP contribution in [0.4, 0.5) is 5.69 Å². The SMILES string of the molecule is CCSc1nnc2c(n1)O[C@H](c1ccc(-c3cccc(Cl)c3C)o1)Nc1ccccc1-2. The van der Waals surface area contributed by atoms with Crippen LogP contribution in [-0.4, -0.2) is 20.9 Å². The molecular weight excluding hydrogens is 432 g/mol. The normalized spacial score (nSPS) is 14.7. The molecule has 0 saturated carbocycles. The first-order valence-electron chi connectivity index (χ1n) is 9.89. The monoisotopic (exact) mass is 450 g/mol. The molecule has 2 aromatic heterocycles. The van der Waals surface area contributed by atoms with E-state index in [1.165, 1.54) is 11.8 Å². The summed E-state index contributed by atoms with van der Waals surface area (Å²) in [6.07, 6.45) is -0.577. The van der Waals surface area contributed by atoms with Crippen LogP contribution in [0.25, 0.3) is 22.6 Å². The smallest absolute Gasteiger partial charge is 0.247 e. The van der Waals surface area contributed by atoms with Crippen molar-refractivity contribution >= 4 is 29.1 Å². The van der Waals surface area contributed by atoms with Crippen molar-refractivity contribution in [1.29, 1.82) is 0 Å². The highest BCUT2D eigenvalue weighted by Crippen LogP contribution is 2.40. The lowest BCUT2D eigenvalue weighted by molar-refractivity contribution is 0.196. The second kappa shape index (κ2) is 8.24. The van der Waals surface area contributed by atoms with Gasteiger partial charge in [0.1, 0.15) is 5.76 Å². The molecule has 0 saturated heterocycles. The third-order valence-corrected chi connectivity index (χ3v) is 6.15. The molecule has 6 nitrogen and oxygen atoms in total. The van der Waals surface area contributed by atoms with Gasteiger partial charge in [0, 0.05) is 21.8 Å². The number of nitrogens with zero attached hydrogens (tertiary/aromatic N) is 3. The fourth-order valence-electron chi connectivity index (χ4n) is 3.48. The van der Waals surface area contributed by atoms with Crippen LogP contribution in [0.15, 0.2) is 64.2 Å². The summed E-state index contributed by atoms with van der Waals surface area (Å²) in [7, 11) is 0. The standard InChI is InChI=1S/C23H19ClN4O2S/c1-3-31-23-26-22-20(27-28-23)15-7-4-5-10-17(15)25-21(30-22)19-12-11-18(29-19)14-8-6-9-16(24)13(14)2/h4-12,21,25H,3H2,1-2H3/t21-/m1/s1. The Morgan fingerprint density at radius 2 is 1.87 bits per heavy atom. The molecule has 8 heteroatoms. The van der Waals surface area contributed by atoms with Crippen molar-refractivity contribution in [1.82, 2.24) is 15.2 Å². The molecule has 4 aromatic rings. The minimum atomic E-state index is -0.577. The number of nitrogens with one attached hydrogen (secondary N) is 1. The summed E-state index contributed by atoms with van der Waals surface area (Å²) >= 11 is 7.81. The number of anilines is 1. The molecule has 31 heavy (non-hydrogen) atoms. The van der Waals surface area contributed by atoms with E-state index in [9.17, 15) is 0 Å². The first-order valence-corrected chi connectivity index (χ1v) is 11.3. The molecule has 0 aliphatic carbocycles. The van der Waals surface area contributed by atoms with Crippen LogP contribution in [0.1, 0.15) is 24.5 Å². The Hall–Kier alpha value is -3.03. The van der Waals surface area contributed by atoms with Crippen LogP contribution in [0.5, 0.6) is 5.88 Å². The highest BCUT2D eigenvalue weighted by Gasteiger charge is 2.28. The molecule has 1 atom stereocenters. The lowest BCUT2D eigenvalue weighted by atomic mass is 10.1. The number of thioether (sulfide) groups is 1. The number of furan rings is 1. The van der Waals surface area contributed by atoms with E-state index in [1.54, 1.807) is 0 Å². The molecule has 1 N–H and O–H groups in total. The molecule has 1 aliphatic rings. The molecule has 0 fully saturated rings. The molecule has 156 valence electrons. The summed E-state index contributed by atoms with van der Waals surface area (Å²) in [6, 6.07) is 17.4. The lowest BCUT2D eigenvalue weighted by Crippen LogP contribution is -2.16. The van der Waals surface area contributed by atoms with Gasteiger partial charge < -0.3 is 14.5 Å². The number of ether oxygens (including phenoxy) is 1. The Labute approximate surface area is 189 Å². The average Bonchev–Trinajstić information content (AvgIpc) is 3.20. The quantitative estimate of drug-likeness (QED) is 0.362. The van der Waals surface area contributed by atoms with Crippen LogP contribution in [0.3, 0.4) is 0 Å². The van der Waals surface area contributed by atoms with Crippen molar-refractivity contribution in [2.24, 2.45) is 0 Å². The summed E-state index contributed by atoms with van der Waals surface area (Å²) < 4.78 is 12.5. The molecule has 1 aliphatic heterocycles. The molecule has 3 heterocycles. The summed E-state index contributed by atoms with van der Waals surface area (Å²) in [5, 5.41) is 13.3. The number of hydrogen-bond acceptors (Lipinski definition) is 7. The van der Waals surface area contributed by atoms with E-state index in [4.69, 9.17) is 20.8 Å². The zero-order valence-electron chi connectivity index (χ0n) is 16.9. The summed E-state index contributed by atoms with van der Waals surface area (Å²) in [6.45, 7) is 4.02. The molecule has 0 radical (unpaired) electrons. The number of hydrogen-bond donors (Lipinski definition) is 1. The minimum absolute atomic E-state index is 0.422. The van der Waals surface area contributed by atoms with Crippen LogP contribution >= 0.6 is 23.4 Å². The Kier molecular flexibility index (Phi) is 5.29. The molecule has 2 aromatic carbocycles. The van der Waals surface area contributed by atoms with E-state index in [0.717, 1.165) is 33.9 Å². The summed E-state index contributed by atoms with van der Waals surface area (Å²) in [4.78, 5) is 4.60. The number of para-hydroxylation sites is 1. The third kappa shape index (κ3) is 3.75. The van der Waals surface area contributed by atoms with Crippen LogP contribution in [-0.2, 0) is 0 Å². The second-order valence-electron chi connectivity index (χ2n) is 6.98. The Balaban J connectivity index is 1.56. The molecule has 0 spiro atoms. The van der Waals surface area contributed by atoms with Gasteiger partial charge in [0.05, 0.1) is 0 Å². The zero-order valence-corrected chi connectivity index (χ0v) is 18.5. The second-order valence-corrected chi connectivity index (χ2v) is 8.62. The van der Waals surface area contributed by atoms with Crippen molar-refractivity contribution in [2.75, 3.05) is 11.1 Å². The fourth-order valence-corrected chi connectivity index (χ4v) is 4.16. The predicted molar refractivity (Wildman–Crippen MR) is 123 cm³/mol. The Morgan fingerprint density at radius 3 is 2.74 bits per heavy atom. The van der Waals surface area contributed by atoms with E-state index in [-0.39, 0.29) is 0 Å². The van der Waals surface area contributed by atoms with Gasteiger partial charge in [-0.3, -0.25) is 0 Å². The number of halogens is 1. The Morgan fingerprint density at radius 1 is 1.03 bits per heavy atom. The van der Waals surface area contributed by atoms with E-state index >= 15 is 0 Å². The van der Waals surface area contributed by atoms with Crippen LogP contribution in [0, 0.1) is 6.92 Å². The van der Waals surface area contributed by atoms with Gasteiger partial charge in [0.15, 0.2) is 11.5 Å².